The summed E-state index contributed by atoms with van der Waals surface area (Å²) in [6, 6.07) is 10.8. The second-order valence-electron chi connectivity index (χ2n) is 4.50. The fourth-order valence-electron chi connectivity index (χ4n) is 1.94. The first kappa shape index (κ1) is 13.5. The number of urea groups is 1. The largest absolute Gasteiger partial charge is 0.323 e. The molecular formula is C15H12FN3OS. The highest BCUT2D eigenvalue weighted by Crippen LogP contribution is 2.24. The second kappa shape index (κ2) is 5.49. The van der Waals surface area contributed by atoms with Crippen molar-refractivity contribution in [2.45, 2.75) is 6.92 Å². The molecule has 0 unspecified atom stereocenters. The maximum absolute atomic E-state index is 12.8. The molecule has 6 heteroatoms. The smallest absolute Gasteiger partial charge is 0.308 e. The van der Waals surface area contributed by atoms with Crippen molar-refractivity contribution in [1.82, 2.24) is 4.98 Å². The summed E-state index contributed by atoms with van der Waals surface area (Å²) in [5.41, 5.74) is 2.14. The highest BCUT2D eigenvalue weighted by molar-refractivity contribution is 7.18. The van der Waals surface area contributed by atoms with Crippen LogP contribution < -0.4 is 10.6 Å². The lowest BCUT2D eigenvalue weighted by molar-refractivity contribution is 0.262. The van der Waals surface area contributed by atoms with Gasteiger partial charge in [0, 0.05) is 11.4 Å². The molecular weight excluding hydrogens is 289 g/mol. The quantitative estimate of drug-likeness (QED) is 0.737. The van der Waals surface area contributed by atoms with Gasteiger partial charge in [0.25, 0.3) is 0 Å². The van der Waals surface area contributed by atoms with Gasteiger partial charge in [-0.25, -0.2) is 14.2 Å². The van der Waals surface area contributed by atoms with E-state index in [1.54, 1.807) is 17.4 Å². The van der Waals surface area contributed by atoms with Crippen LogP contribution in [-0.4, -0.2) is 11.0 Å². The summed E-state index contributed by atoms with van der Waals surface area (Å²) in [6.07, 6.45) is 0. The number of halogens is 1. The Morgan fingerprint density at radius 2 is 1.76 bits per heavy atom. The van der Waals surface area contributed by atoms with Crippen LogP contribution in [0.15, 0.2) is 42.5 Å². The molecule has 21 heavy (non-hydrogen) atoms. The number of nitrogens with one attached hydrogen (secondary N) is 2. The number of benzene rings is 2. The first-order valence-corrected chi connectivity index (χ1v) is 7.12. The molecule has 0 aliphatic rings. The molecule has 106 valence electrons. The Morgan fingerprint density at radius 1 is 1.10 bits per heavy atom. The van der Waals surface area contributed by atoms with Crippen molar-refractivity contribution in [2.75, 3.05) is 10.6 Å². The maximum Gasteiger partial charge on any atom is 0.323 e. The molecule has 2 amide bonds. The van der Waals surface area contributed by atoms with Gasteiger partial charge in [-0.3, -0.25) is 0 Å². The number of hydrogen-bond acceptors (Lipinski definition) is 3. The van der Waals surface area contributed by atoms with Crippen molar-refractivity contribution in [3.63, 3.8) is 0 Å². The van der Waals surface area contributed by atoms with Crippen LogP contribution in [-0.2, 0) is 0 Å². The number of fused-ring (bicyclic) bond motifs is 1. The minimum atomic E-state index is -0.373. The first-order chi connectivity index (χ1) is 10.1. The van der Waals surface area contributed by atoms with E-state index < -0.39 is 0 Å². The zero-order chi connectivity index (χ0) is 14.8. The van der Waals surface area contributed by atoms with E-state index in [9.17, 15) is 9.18 Å². The number of rotatable bonds is 2. The Balaban J connectivity index is 1.71. The summed E-state index contributed by atoms with van der Waals surface area (Å²) in [5.74, 6) is -0.341. The van der Waals surface area contributed by atoms with E-state index in [0.29, 0.717) is 11.4 Å². The number of nitrogens with zero attached hydrogens (tertiary/aromatic N) is 1. The molecule has 3 rings (SSSR count). The molecule has 2 aromatic carbocycles. The van der Waals surface area contributed by atoms with E-state index >= 15 is 0 Å². The molecule has 0 atom stereocenters. The van der Waals surface area contributed by atoms with Crippen LogP contribution in [0, 0.1) is 12.7 Å². The normalized spacial score (nSPS) is 10.6. The zero-order valence-electron chi connectivity index (χ0n) is 11.2. The molecule has 0 radical (unpaired) electrons. The van der Waals surface area contributed by atoms with Crippen LogP contribution in [0.5, 0.6) is 0 Å². The third-order valence-electron chi connectivity index (χ3n) is 2.86. The van der Waals surface area contributed by atoms with Crippen molar-refractivity contribution in [3.8, 4) is 0 Å². The van der Waals surface area contributed by atoms with Crippen LogP contribution >= 0.6 is 11.3 Å². The number of carbonyl (C=O) groups is 1. The number of anilines is 2. The second-order valence-corrected chi connectivity index (χ2v) is 5.74. The molecule has 0 aliphatic carbocycles. The van der Waals surface area contributed by atoms with E-state index in [-0.39, 0.29) is 11.8 Å². The van der Waals surface area contributed by atoms with Crippen molar-refractivity contribution in [2.24, 2.45) is 0 Å². The predicted molar refractivity (Wildman–Crippen MR) is 83.4 cm³/mol. The topological polar surface area (TPSA) is 54.0 Å². The Morgan fingerprint density at radius 3 is 2.52 bits per heavy atom. The van der Waals surface area contributed by atoms with Gasteiger partial charge in [0.15, 0.2) is 0 Å². The standard InChI is InChI=1S/C15H12FN3OS/c1-9-17-13-7-6-12(8-14(13)21-9)19-15(20)18-11-4-2-10(16)3-5-11/h2-8H,1H3,(H2,18,19,20). The van der Waals surface area contributed by atoms with Gasteiger partial charge in [0.1, 0.15) is 5.82 Å². The monoisotopic (exact) mass is 301 g/mol. The third-order valence-corrected chi connectivity index (χ3v) is 3.79. The lowest BCUT2D eigenvalue weighted by Crippen LogP contribution is -2.19. The Labute approximate surface area is 124 Å². The van der Waals surface area contributed by atoms with Gasteiger partial charge in [-0.05, 0) is 49.4 Å². The molecule has 0 bridgehead atoms. The van der Waals surface area contributed by atoms with E-state index in [1.165, 1.54) is 24.3 Å². The Bertz CT molecular complexity index is 798. The summed E-state index contributed by atoms with van der Waals surface area (Å²) in [6.45, 7) is 1.94. The van der Waals surface area contributed by atoms with Crippen LogP contribution in [0.3, 0.4) is 0 Å². The number of hydrogen-bond donors (Lipinski definition) is 2. The van der Waals surface area contributed by atoms with Crippen molar-refractivity contribution in [3.05, 3.63) is 53.3 Å². The lowest BCUT2D eigenvalue weighted by atomic mass is 10.3. The van der Waals surface area contributed by atoms with Gasteiger partial charge in [0.2, 0.25) is 0 Å². The number of amides is 2. The average molecular weight is 301 g/mol. The van der Waals surface area contributed by atoms with E-state index in [2.05, 4.69) is 15.6 Å². The Kier molecular flexibility index (Phi) is 3.53. The molecule has 0 saturated carbocycles. The van der Waals surface area contributed by atoms with Crippen molar-refractivity contribution < 1.29 is 9.18 Å². The van der Waals surface area contributed by atoms with Crippen molar-refractivity contribution in [1.29, 1.82) is 0 Å². The SMILES string of the molecule is Cc1nc2ccc(NC(=O)Nc3ccc(F)cc3)cc2s1. The predicted octanol–water partition coefficient (Wildman–Crippen LogP) is 4.39. The molecule has 2 N–H and O–H groups in total. The minimum absolute atomic E-state index is 0.341. The van der Waals surface area contributed by atoms with Gasteiger partial charge >= 0.3 is 6.03 Å². The van der Waals surface area contributed by atoms with E-state index in [0.717, 1.165) is 15.2 Å². The minimum Gasteiger partial charge on any atom is -0.308 e. The van der Waals surface area contributed by atoms with Gasteiger partial charge in [0.05, 0.1) is 15.2 Å². The summed E-state index contributed by atoms with van der Waals surface area (Å²) in [5, 5.41) is 6.37. The van der Waals surface area contributed by atoms with Crippen LogP contribution in [0.25, 0.3) is 10.2 Å². The summed E-state index contributed by atoms with van der Waals surface area (Å²) in [7, 11) is 0. The van der Waals surface area contributed by atoms with Gasteiger partial charge in [-0.15, -0.1) is 11.3 Å². The molecule has 1 heterocycles. The van der Waals surface area contributed by atoms with E-state index in [1.807, 2.05) is 19.1 Å². The van der Waals surface area contributed by atoms with Crippen LogP contribution in [0.1, 0.15) is 5.01 Å². The number of aryl methyl sites for hydroxylation is 1. The Hall–Kier alpha value is -2.47. The van der Waals surface area contributed by atoms with Crippen LogP contribution in [0.2, 0.25) is 0 Å². The molecule has 3 aromatic rings. The molecule has 0 spiro atoms. The fourth-order valence-corrected chi connectivity index (χ4v) is 2.81. The number of thiazole rings is 1. The van der Waals surface area contributed by atoms with Gasteiger partial charge in [-0.2, -0.15) is 0 Å². The number of aromatic nitrogens is 1. The lowest BCUT2D eigenvalue weighted by Gasteiger charge is -2.07. The van der Waals surface area contributed by atoms with E-state index in [4.69, 9.17) is 0 Å². The molecule has 0 aliphatic heterocycles. The highest BCUT2D eigenvalue weighted by atomic mass is 32.1. The molecule has 4 nitrogen and oxygen atoms in total. The van der Waals surface area contributed by atoms with Gasteiger partial charge in [-0.1, -0.05) is 0 Å². The molecule has 0 fully saturated rings. The molecule has 0 saturated heterocycles. The maximum atomic E-state index is 12.8. The number of carbonyl (C=O) groups excluding carboxylic acids is 1. The first-order valence-electron chi connectivity index (χ1n) is 6.31. The third kappa shape index (κ3) is 3.17. The van der Waals surface area contributed by atoms with Gasteiger partial charge < -0.3 is 10.6 Å². The summed E-state index contributed by atoms with van der Waals surface area (Å²) < 4.78 is 13.8. The fraction of sp³-hybridized carbons (Fsp3) is 0.0667. The average Bonchev–Trinajstić information content (AvgIpc) is 2.80. The summed E-state index contributed by atoms with van der Waals surface area (Å²) >= 11 is 1.57. The highest BCUT2D eigenvalue weighted by Gasteiger charge is 2.05. The summed E-state index contributed by atoms with van der Waals surface area (Å²) in [4.78, 5) is 16.2. The molecule has 1 aromatic heterocycles. The van der Waals surface area contributed by atoms with Crippen molar-refractivity contribution >= 4 is 39.0 Å². The van der Waals surface area contributed by atoms with Crippen LogP contribution in [0.4, 0.5) is 20.6 Å². The zero-order valence-corrected chi connectivity index (χ0v) is 12.0.